The zero-order valence-electron chi connectivity index (χ0n) is 6.83. The van der Waals surface area contributed by atoms with Crippen molar-refractivity contribution in [1.29, 1.82) is 0 Å². The van der Waals surface area contributed by atoms with E-state index in [0.29, 0.717) is 6.16 Å². The van der Waals surface area contributed by atoms with E-state index in [4.69, 9.17) is 4.52 Å². The van der Waals surface area contributed by atoms with Gasteiger partial charge in [0.2, 0.25) is 7.37 Å². The van der Waals surface area contributed by atoms with Gasteiger partial charge in [0.25, 0.3) is 0 Å². The minimum absolute atomic E-state index is 0.0174. The molecule has 1 atom stereocenters. The van der Waals surface area contributed by atoms with Crippen LogP contribution in [0.2, 0.25) is 0 Å². The van der Waals surface area contributed by atoms with E-state index < -0.39 is 7.37 Å². The number of hydrogen-bond acceptors (Lipinski definition) is 2. The minimum Gasteiger partial charge on any atom is -0.323 e. The molecule has 1 unspecified atom stereocenters. The summed E-state index contributed by atoms with van der Waals surface area (Å²) in [6.45, 7) is 9.04. The standard InChI is InChI=1S/C7H15O2P/c1-5-10(8,6-2)9-7(3)4/h5,7H,1,6H2,2-4H3. The molecule has 0 spiro atoms. The Labute approximate surface area is 62.7 Å². The average molecular weight is 162 g/mol. The maximum absolute atomic E-state index is 11.4. The highest BCUT2D eigenvalue weighted by Gasteiger charge is 2.16. The van der Waals surface area contributed by atoms with Crippen molar-refractivity contribution in [3.63, 3.8) is 0 Å². The Kier molecular flexibility index (Phi) is 3.92. The Hall–Kier alpha value is -0.0700. The van der Waals surface area contributed by atoms with Gasteiger partial charge in [0.05, 0.1) is 6.10 Å². The highest BCUT2D eigenvalue weighted by molar-refractivity contribution is 7.62. The van der Waals surface area contributed by atoms with Gasteiger partial charge in [-0.2, -0.15) is 0 Å². The molecule has 3 heteroatoms. The second-order valence-electron chi connectivity index (χ2n) is 2.38. The molecule has 0 heterocycles. The van der Waals surface area contributed by atoms with E-state index in [-0.39, 0.29) is 6.10 Å². The predicted molar refractivity (Wildman–Crippen MR) is 44.6 cm³/mol. The van der Waals surface area contributed by atoms with Gasteiger partial charge >= 0.3 is 0 Å². The molecule has 60 valence electrons. The van der Waals surface area contributed by atoms with Crippen molar-refractivity contribution in [1.82, 2.24) is 0 Å². The SMILES string of the molecule is C=CP(=O)(CC)OC(C)C. The van der Waals surface area contributed by atoms with Crippen LogP contribution in [-0.2, 0) is 9.09 Å². The summed E-state index contributed by atoms with van der Waals surface area (Å²) < 4.78 is 16.6. The molecule has 0 saturated carbocycles. The first-order valence-electron chi connectivity index (χ1n) is 3.45. The third-order valence-corrected chi connectivity index (χ3v) is 3.32. The summed E-state index contributed by atoms with van der Waals surface area (Å²) in [5, 5.41) is 0. The summed E-state index contributed by atoms with van der Waals surface area (Å²) >= 11 is 0. The smallest absolute Gasteiger partial charge is 0.224 e. The summed E-state index contributed by atoms with van der Waals surface area (Å²) in [5.74, 6) is 1.42. The van der Waals surface area contributed by atoms with Crippen molar-refractivity contribution in [2.24, 2.45) is 0 Å². The van der Waals surface area contributed by atoms with Crippen molar-refractivity contribution < 1.29 is 9.09 Å². The zero-order chi connectivity index (χ0) is 8.20. The van der Waals surface area contributed by atoms with E-state index >= 15 is 0 Å². The van der Waals surface area contributed by atoms with Crippen molar-refractivity contribution in [2.75, 3.05) is 6.16 Å². The Morgan fingerprint density at radius 2 is 2.20 bits per heavy atom. The quantitative estimate of drug-likeness (QED) is 0.594. The largest absolute Gasteiger partial charge is 0.323 e. The van der Waals surface area contributed by atoms with Crippen LogP contribution in [0, 0.1) is 0 Å². The van der Waals surface area contributed by atoms with Gasteiger partial charge in [-0.25, -0.2) is 0 Å². The summed E-state index contributed by atoms with van der Waals surface area (Å²) in [7, 11) is -2.47. The van der Waals surface area contributed by atoms with Crippen molar-refractivity contribution in [3.05, 3.63) is 12.4 Å². The molecule has 0 fully saturated rings. The van der Waals surface area contributed by atoms with E-state index in [1.165, 1.54) is 5.82 Å². The first kappa shape index (κ1) is 9.93. The van der Waals surface area contributed by atoms with Crippen LogP contribution >= 0.6 is 7.37 Å². The van der Waals surface area contributed by atoms with Gasteiger partial charge in [0.15, 0.2) is 0 Å². The average Bonchev–Trinajstić information content (AvgIpc) is 1.87. The normalized spacial score (nSPS) is 16.8. The molecule has 0 aromatic rings. The molecular formula is C7H15O2P. The second kappa shape index (κ2) is 3.95. The first-order chi connectivity index (χ1) is 4.54. The molecule has 0 bridgehead atoms. The summed E-state index contributed by atoms with van der Waals surface area (Å²) in [4.78, 5) is 0. The minimum atomic E-state index is -2.47. The van der Waals surface area contributed by atoms with E-state index in [1.807, 2.05) is 20.8 Å². The first-order valence-corrected chi connectivity index (χ1v) is 5.32. The molecule has 0 aliphatic rings. The van der Waals surface area contributed by atoms with E-state index in [9.17, 15) is 4.57 Å². The molecule has 0 N–H and O–H groups in total. The van der Waals surface area contributed by atoms with Gasteiger partial charge in [0.1, 0.15) is 0 Å². The highest BCUT2D eigenvalue weighted by Crippen LogP contribution is 2.48. The van der Waals surface area contributed by atoms with Gasteiger partial charge in [-0.15, -0.1) is 0 Å². The Morgan fingerprint density at radius 3 is 2.30 bits per heavy atom. The second-order valence-corrected chi connectivity index (χ2v) is 5.04. The zero-order valence-corrected chi connectivity index (χ0v) is 7.73. The molecule has 0 radical (unpaired) electrons. The molecule has 2 nitrogen and oxygen atoms in total. The van der Waals surface area contributed by atoms with Crippen LogP contribution < -0.4 is 0 Å². The van der Waals surface area contributed by atoms with Crippen LogP contribution in [-0.4, -0.2) is 12.3 Å². The monoisotopic (exact) mass is 162 g/mol. The van der Waals surface area contributed by atoms with Crippen LogP contribution in [0.15, 0.2) is 12.4 Å². The topological polar surface area (TPSA) is 26.3 Å². The predicted octanol–water partition coefficient (Wildman–Crippen LogP) is 2.85. The van der Waals surface area contributed by atoms with Gasteiger partial charge in [-0.05, 0) is 19.7 Å². The van der Waals surface area contributed by atoms with Crippen LogP contribution in [0.5, 0.6) is 0 Å². The number of hydrogen-bond donors (Lipinski definition) is 0. The molecular weight excluding hydrogens is 147 g/mol. The molecule has 0 amide bonds. The van der Waals surface area contributed by atoms with E-state index in [0.717, 1.165) is 0 Å². The van der Waals surface area contributed by atoms with E-state index in [1.54, 1.807) is 0 Å². The van der Waals surface area contributed by atoms with Gasteiger partial charge in [-0.1, -0.05) is 13.5 Å². The summed E-state index contributed by atoms with van der Waals surface area (Å²) in [5.41, 5.74) is 0. The molecule has 0 aliphatic carbocycles. The lowest BCUT2D eigenvalue weighted by atomic mass is 10.5. The molecule has 0 aromatic heterocycles. The Bertz CT molecular complexity index is 152. The lowest BCUT2D eigenvalue weighted by Crippen LogP contribution is -1.99. The lowest BCUT2D eigenvalue weighted by molar-refractivity contribution is 0.249. The fraction of sp³-hybridized carbons (Fsp3) is 0.714. The van der Waals surface area contributed by atoms with E-state index in [2.05, 4.69) is 6.58 Å². The fourth-order valence-corrected chi connectivity index (χ4v) is 1.81. The third-order valence-electron chi connectivity index (χ3n) is 1.11. The van der Waals surface area contributed by atoms with Crippen LogP contribution in [0.1, 0.15) is 20.8 Å². The summed E-state index contributed by atoms with van der Waals surface area (Å²) in [6, 6.07) is 0. The number of rotatable bonds is 4. The van der Waals surface area contributed by atoms with Gasteiger partial charge in [-0.3, -0.25) is 4.57 Å². The van der Waals surface area contributed by atoms with Crippen LogP contribution in [0.25, 0.3) is 0 Å². The highest BCUT2D eigenvalue weighted by atomic mass is 31.2. The van der Waals surface area contributed by atoms with Crippen LogP contribution in [0.3, 0.4) is 0 Å². The van der Waals surface area contributed by atoms with Crippen molar-refractivity contribution >= 4 is 7.37 Å². The Balaban J connectivity index is 4.07. The summed E-state index contributed by atoms with van der Waals surface area (Å²) in [6.07, 6.45) is 0.554. The molecule has 0 aromatic carbocycles. The van der Waals surface area contributed by atoms with Gasteiger partial charge in [0, 0.05) is 6.16 Å². The maximum atomic E-state index is 11.4. The molecule has 0 rings (SSSR count). The van der Waals surface area contributed by atoms with Crippen molar-refractivity contribution in [2.45, 2.75) is 26.9 Å². The fourth-order valence-electron chi connectivity index (χ4n) is 0.604. The molecule has 0 aliphatic heterocycles. The Morgan fingerprint density at radius 1 is 1.70 bits per heavy atom. The van der Waals surface area contributed by atoms with Gasteiger partial charge < -0.3 is 4.52 Å². The third kappa shape index (κ3) is 3.19. The molecule has 0 saturated heterocycles. The molecule has 10 heavy (non-hydrogen) atoms. The van der Waals surface area contributed by atoms with Crippen molar-refractivity contribution in [3.8, 4) is 0 Å². The maximum Gasteiger partial charge on any atom is 0.224 e. The lowest BCUT2D eigenvalue weighted by Gasteiger charge is -2.14. The van der Waals surface area contributed by atoms with Crippen LogP contribution in [0.4, 0.5) is 0 Å².